The average Bonchev–Trinajstić information content (AvgIpc) is 3.27. The number of carboxylic acid groups (broad SMARTS) is 1. The van der Waals surface area contributed by atoms with E-state index in [2.05, 4.69) is 0 Å². The van der Waals surface area contributed by atoms with Gasteiger partial charge in [0.1, 0.15) is 0 Å². The van der Waals surface area contributed by atoms with E-state index < -0.39 is 5.97 Å². The molecule has 0 unspecified atom stereocenters. The van der Waals surface area contributed by atoms with Crippen LogP contribution in [0, 0.1) is 0 Å². The van der Waals surface area contributed by atoms with E-state index in [0.29, 0.717) is 12.4 Å². The molecule has 0 amide bonds. The van der Waals surface area contributed by atoms with Gasteiger partial charge in [-0.1, -0.05) is 63.9 Å². The molecule has 0 saturated carbocycles. The minimum atomic E-state index is -0.979. The summed E-state index contributed by atoms with van der Waals surface area (Å²) in [5.74, 6) is -0.382. The van der Waals surface area contributed by atoms with Gasteiger partial charge in [0, 0.05) is 6.61 Å². The van der Waals surface area contributed by atoms with Gasteiger partial charge in [0.15, 0.2) is 5.76 Å². The molecule has 126 valence electrons. The Labute approximate surface area is 133 Å². The molecule has 0 aromatic carbocycles. The molecule has 0 saturated heterocycles. The number of aliphatic hydroxyl groups is 1. The number of ether oxygens (including phenoxy) is 1. The molecule has 0 aromatic heterocycles. The van der Waals surface area contributed by atoms with Crippen molar-refractivity contribution < 1.29 is 19.7 Å². The first-order valence-electron chi connectivity index (χ1n) is 8.68. The van der Waals surface area contributed by atoms with Crippen molar-refractivity contribution in [2.45, 2.75) is 77.0 Å². The van der Waals surface area contributed by atoms with Crippen LogP contribution in [0.2, 0.25) is 0 Å². The lowest BCUT2D eigenvalue weighted by Gasteiger charge is -2.02. The third-order valence-corrected chi connectivity index (χ3v) is 3.89. The fourth-order valence-electron chi connectivity index (χ4n) is 2.50. The predicted octanol–water partition coefficient (Wildman–Crippen LogP) is 4.54. The smallest absolute Gasteiger partial charge is 0.375 e. The number of hydrogen-bond acceptors (Lipinski definition) is 3. The molecule has 22 heavy (non-hydrogen) atoms. The lowest BCUT2D eigenvalue weighted by molar-refractivity contribution is -0.133. The van der Waals surface area contributed by atoms with Gasteiger partial charge in [0.25, 0.3) is 5.76 Å². The minimum absolute atomic E-state index is 0.0904. The molecule has 1 rings (SSSR count). The van der Waals surface area contributed by atoms with E-state index in [4.69, 9.17) is 14.9 Å². The Hall–Kier alpha value is -1.29. The van der Waals surface area contributed by atoms with E-state index >= 15 is 0 Å². The van der Waals surface area contributed by atoms with Gasteiger partial charge in [0.05, 0.1) is 0 Å². The van der Waals surface area contributed by atoms with Crippen LogP contribution in [0.15, 0.2) is 23.7 Å². The van der Waals surface area contributed by atoms with Crippen LogP contribution in [0.3, 0.4) is 0 Å². The monoisotopic (exact) mass is 310 g/mol. The van der Waals surface area contributed by atoms with Crippen molar-refractivity contribution in [2.75, 3.05) is 6.61 Å². The van der Waals surface area contributed by atoms with E-state index in [1.54, 1.807) is 6.08 Å². The zero-order valence-corrected chi connectivity index (χ0v) is 13.6. The van der Waals surface area contributed by atoms with E-state index in [1.807, 2.05) is 6.08 Å². The van der Waals surface area contributed by atoms with Crippen molar-refractivity contribution in [1.29, 1.82) is 0 Å². The summed E-state index contributed by atoms with van der Waals surface area (Å²) in [7, 11) is 0. The van der Waals surface area contributed by atoms with Crippen molar-refractivity contribution in [3.05, 3.63) is 23.7 Å². The molecule has 0 radical (unpaired) electrons. The molecular formula is C18H30O4. The number of carbonyl (C=O) groups is 1. The average molecular weight is 310 g/mol. The lowest BCUT2D eigenvalue weighted by atomic mass is 10.1. The van der Waals surface area contributed by atoms with E-state index in [-0.39, 0.29) is 5.76 Å². The lowest BCUT2D eigenvalue weighted by Crippen LogP contribution is -1.88. The minimum Gasteiger partial charge on any atom is -0.475 e. The Morgan fingerprint density at radius 3 is 1.82 bits per heavy atom. The molecule has 0 atom stereocenters. The van der Waals surface area contributed by atoms with Crippen LogP contribution in [-0.4, -0.2) is 22.8 Å². The maximum atomic E-state index is 10.5. The van der Waals surface area contributed by atoms with Crippen molar-refractivity contribution in [2.24, 2.45) is 0 Å². The van der Waals surface area contributed by atoms with Crippen molar-refractivity contribution >= 4 is 5.97 Å². The number of aliphatic carboxylic acids is 1. The van der Waals surface area contributed by atoms with Gasteiger partial charge < -0.3 is 14.9 Å². The molecule has 0 spiro atoms. The Kier molecular flexibility index (Phi) is 10.5. The third-order valence-electron chi connectivity index (χ3n) is 3.89. The van der Waals surface area contributed by atoms with Crippen molar-refractivity contribution in [3.8, 4) is 0 Å². The number of rotatable bonds is 15. The second-order valence-corrected chi connectivity index (χ2v) is 5.90. The van der Waals surface area contributed by atoms with Gasteiger partial charge in [-0.15, -0.1) is 0 Å². The molecule has 0 fully saturated rings. The summed E-state index contributed by atoms with van der Waals surface area (Å²) in [6.07, 6.45) is 18.4. The highest BCUT2D eigenvalue weighted by molar-refractivity contribution is 5.89. The van der Waals surface area contributed by atoms with Crippen LogP contribution in [-0.2, 0) is 9.53 Å². The third kappa shape index (κ3) is 9.61. The van der Waals surface area contributed by atoms with Gasteiger partial charge in [-0.05, 0) is 25.3 Å². The summed E-state index contributed by atoms with van der Waals surface area (Å²) >= 11 is 0. The van der Waals surface area contributed by atoms with Gasteiger partial charge in [-0.2, -0.15) is 0 Å². The summed E-state index contributed by atoms with van der Waals surface area (Å²) in [6.45, 7) is 0.334. The highest BCUT2D eigenvalue weighted by atomic mass is 16.6. The standard InChI is InChI=1S/C18H30O4/c19-15-13-11-9-7-5-3-1-2-4-6-8-10-12-14-16-17(22-16)18(20)21/h12,14,19H,1-11,13,15H2,(H,20,21). The molecular weight excluding hydrogens is 280 g/mol. The molecule has 4 heteroatoms. The molecule has 1 aliphatic heterocycles. The first kappa shape index (κ1) is 18.8. The number of aliphatic hydroxyl groups excluding tert-OH is 1. The van der Waals surface area contributed by atoms with E-state index in [1.165, 1.54) is 57.8 Å². The quantitative estimate of drug-likeness (QED) is 0.436. The number of hydrogen-bond donors (Lipinski definition) is 2. The largest absolute Gasteiger partial charge is 0.475 e. The van der Waals surface area contributed by atoms with Crippen LogP contribution in [0.25, 0.3) is 0 Å². The van der Waals surface area contributed by atoms with Crippen LogP contribution >= 0.6 is 0 Å². The Balaban J connectivity index is 1.77. The molecule has 4 nitrogen and oxygen atoms in total. The number of unbranched alkanes of at least 4 members (excludes halogenated alkanes) is 11. The van der Waals surface area contributed by atoms with Gasteiger partial charge >= 0.3 is 5.97 Å². The molecule has 2 N–H and O–H groups in total. The van der Waals surface area contributed by atoms with Gasteiger partial charge in [-0.25, -0.2) is 4.79 Å². The zero-order chi connectivity index (χ0) is 16.0. The Bertz CT molecular complexity index is 371. The van der Waals surface area contributed by atoms with Crippen LogP contribution < -0.4 is 0 Å². The first-order chi connectivity index (χ1) is 10.8. The molecule has 0 aliphatic carbocycles. The van der Waals surface area contributed by atoms with Crippen LogP contribution in [0.4, 0.5) is 0 Å². The molecule has 0 bridgehead atoms. The topological polar surface area (TPSA) is 70.1 Å². The number of carboxylic acids is 1. The molecule has 1 aliphatic rings. The molecule has 1 heterocycles. The highest BCUT2D eigenvalue weighted by Crippen LogP contribution is 2.27. The second kappa shape index (κ2) is 12.3. The maximum Gasteiger partial charge on any atom is 0.375 e. The SMILES string of the molecule is O=C(O)C1=C(C=CCCCCCCCCCCCCCO)O1. The Morgan fingerprint density at radius 1 is 0.864 bits per heavy atom. The number of allylic oxidation sites excluding steroid dienone is 2. The highest BCUT2D eigenvalue weighted by Gasteiger charge is 2.29. The van der Waals surface area contributed by atoms with Crippen LogP contribution in [0.5, 0.6) is 0 Å². The fourth-order valence-corrected chi connectivity index (χ4v) is 2.50. The van der Waals surface area contributed by atoms with E-state index in [9.17, 15) is 4.79 Å². The normalized spacial score (nSPS) is 13.7. The summed E-state index contributed by atoms with van der Waals surface area (Å²) in [5.41, 5.74) is 0. The van der Waals surface area contributed by atoms with Gasteiger partial charge in [0.2, 0.25) is 0 Å². The zero-order valence-electron chi connectivity index (χ0n) is 13.6. The maximum absolute atomic E-state index is 10.5. The van der Waals surface area contributed by atoms with Crippen LogP contribution in [0.1, 0.15) is 77.0 Å². The summed E-state index contributed by atoms with van der Waals surface area (Å²) in [6, 6.07) is 0. The first-order valence-corrected chi connectivity index (χ1v) is 8.68. The molecule has 0 aromatic rings. The fraction of sp³-hybridized carbons (Fsp3) is 0.722. The second-order valence-electron chi connectivity index (χ2n) is 5.90. The Morgan fingerprint density at radius 2 is 1.36 bits per heavy atom. The van der Waals surface area contributed by atoms with Crippen molar-refractivity contribution in [3.63, 3.8) is 0 Å². The summed E-state index contributed by atoms with van der Waals surface area (Å²) < 4.78 is 4.83. The van der Waals surface area contributed by atoms with Gasteiger partial charge in [-0.3, -0.25) is 0 Å². The van der Waals surface area contributed by atoms with E-state index in [0.717, 1.165) is 19.3 Å². The van der Waals surface area contributed by atoms with Crippen molar-refractivity contribution in [1.82, 2.24) is 0 Å². The predicted molar refractivity (Wildman–Crippen MR) is 87.4 cm³/mol. The summed E-state index contributed by atoms with van der Waals surface area (Å²) in [5, 5.41) is 17.3. The summed E-state index contributed by atoms with van der Waals surface area (Å²) in [4.78, 5) is 10.5.